The molecule has 1 unspecified atom stereocenters. The van der Waals surface area contributed by atoms with E-state index in [1.807, 2.05) is 22.6 Å². The summed E-state index contributed by atoms with van der Waals surface area (Å²) < 4.78 is 1.63. The first-order valence-corrected chi connectivity index (χ1v) is 6.69. The average molecular weight is 368 g/mol. The second kappa shape index (κ2) is 4.93. The summed E-state index contributed by atoms with van der Waals surface area (Å²) in [5.74, 6) is -0.158. The molecule has 0 aliphatic heterocycles. The van der Waals surface area contributed by atoms with Gasteiger partial charge in [0.05, 0.1) is 6.33 Å². The van der Waals surface area contributed by atoms with Crippen molar-refractivity contribution < 1.29 is 4.79 Å². The number of halogens is 2. The molecule has 0 bridgehead atoms. The van der Waals surface area contributed by atoms with Crippen LogP contribution in [0.25, 0.3) is 0 Å². The number of hydrogen-bond acceptors (Lipinski definition) is 3. The van der Waals surface area contributed by atoms with Gasteiger partial charge in [0.25, 0.3) is 5.56 Å². The van der Waals surface area contributed by atoms with Gasteiger partial charge in [-0.1, -0.05) is 11.6 Å². The molecule has 1 aromatic heterocycles. The van der Waals surface area contributed by atoms with Crippen LogP contribution in [0.5, 0.6) is 0 Å². The van der Waals surface area contributed by atoms with Crippen molar-refractivity contribution in [1.82, 2.24) is 14.9 Å². The lowest BCUT2D eigenvalue weighted by atomic mass is 10.3. The third-order valence-electron chi connectivity index (χ3n) is 2.62. The van der Waals surface area contributed by atoms with Crippen molar-refractivity contribution in [2.75, 3.05) is 0 Å². The molecule has 5 nitrogen and oxygen atoms in total. The van der Waals surface area contributed by atoms with Gasteiger partial charge in [-0.05, 0) is 42.4 Å². The Bertz CT molecular complexity index is 513. The molecule has 92 valence electrons. The molecular weight excluding hydrogens is 356 g/mol. The van der Waals surface area contributed by atoms with Crippen LogP contribution in [0.4, 0.5) is 0 Å². The first-order chi connectivity index (χ1) is 8.00. The van der Waals surface area contributed by atoms with Crippen molar-refractivity contribution in [3.63, 3.8) is 0 Å². The maximum atomic E-state index is 11.9. The van der Waals surface area contributed by atoms with Crippen molar-refractivity contribution in [3.8, 4) is 0 Å². The molecule has 1 aliphatic rings. The zero-order valence-electron chi connectivity index (χ0n) is 9.11. The number of hydrogen-bond donors (Lipinski definition) is 1. The van der Waals surface area contributed by atoms with E-state index in [0.717, 1.165) is 12.8 Å². The Morgan fingerprint density at radius 3 is 2.94 bits per heavy atom. The van der Waals surface area contributed by atoms with E-state index in [0.29, 0.717) is 3.57 Å². The molecule has 1 saturated carbocycles. The van der Waals surface area contributed by atoms with Crippen molar-refractivity contribution in [2.45, 2.75) is 31.8 Å². The van der Waals surface area contributed by atoms with Gasteiger partial charge in [0.15, 0.2) is 0 Å². The number of carbonyl (C=O) groups is 1. The minimum absolute atomic E-state index is 0.158. The van der Waals surface area contributed by atoms with Crippen LogP contribution in [0.2, 0.25) is 5.15 Å². The largest absolute Gasteiger partial charge is 0.352 e. The summed E-state index contributed by atoms with van der Waals surface area (Å²) in [4.78, 5) is 27.6. The summed E-state index contributed by atoms with van der Waals surface area (Å²) in [5.41, 5.74) is -0.288. The topological polar surface area (TPSA) is 64.0 Å². The second-order valence-corrected chi connectivity index (χ2v) is 5.46. The quantitative estimate of drug-likeness (QED) is 0.648. The van der Waals surface area contributed by atoms with E-state index in [1.165, 1.54) is 10.9 Å². The monoisotopic (exact) mass is 367 g/mol. The van der Waals surface area contributed by atoms with Crippen LogP contribution in [0, 0.1) is 3.57 Å². The standard InChI is InChI=1S/C10H11ClIN3O2/c1-5(9(16)14-6-2-3-6)15-4-13-8(11)7(12)10(15)17/h4-6H,2-3H2,1H3,(H,14,16). The Kier molecular flexibility index (Phi) is 3.72. The molecule has 1 aromatic rings. The zero-order valence-corrected chi connectivity index (χ0v) is 12.0. The van der Waals surface area contributed by atoms with E-state index in [-0.39, 0.29) is 22.7 Å². The van der Waals surface area contributed by atoms with Crippen LogP contribution in [-0.2, 0) is 4.79 Å². The minimum Gasteiger partial charge on any atom is -0.352 e. The van der Waals surface area contributed by atoms with Gasteiger partial charge >= 0.3 is 0 Å². The molecule has 1 aliphatic carbocycles. The van der Waals surface area contributed by atoms with E-state index in [4.69, 9.17) is 11.6 Å². The van der Waals surface area contributed by atoms with Gasteiger partial charge in [-0.25, -0.2) is 4.98 Å². The summed E-state index contributed by atoms with van der Waals surface area (Å²) in [5, 5.41) is 3.02. The van der Waals surface area contributed by atoms with Gasteiger partial charge in [-0.15, -0.1) is 0 Å². The first-order valence-electron chi connectivity index (χ1n) is 5.23. The minimum atomic E-state index is -0.568. The van der Waals surface area contributed by atoms with Crippen LogP contribution >= 0.6 is 34.2 Å². The summed E-state index contributed by atoms with van der Waals surface area (Å²) in [7, 11) is 0. The SMILES string of the molecule is CC(C(=O)NC1CC1)n1cnc(Cl)c(I)c1=O. The van der Waals surface area contributed by atoms with E-state index < -0.39 is 6.04 Å². The molecule has 17 heavy (non-hydrogen) atoms. The lowest BCUT2D eigenvalue weighted by molar-refractivity contribution is -0.124. The highest BCUT2D eigenvalue weighted by Crippen LogP contribution is 2.20. The molecular formula is C10H11ClIN3O2. The summed E-state index contributed by atoms with van der Waals surface area (Å²) in [6.45, 7) is 1.67. The fourth-order valence-electron chi connectivity index (χ4n) is 1.38. The van der Waals surface area contributed by atoms with Gasteiger partial charge in [-0.2, -0.15) is 0 Å². The van der Waals surface area contributed by atoms with Crippen LogP contribution in [0.3, 0.4) is 0 Å². The normalized spacial score (nSPS) is 16.6. The van der Waals surface area contributed by atoms with Gasteiger partial charge in [0, 0.05) is 6.04 Å². The van der Waals surface area contributed by atoms with Gasteiger partial charge in [0.2, 0.25) is 5.91 Å². The highest BCUT2D eigenvalue weighted by molar-refractivity contribution is 14.1. The smallest absolute Gasteiger partial charge is 0.269 e. The molecule has 0 radical (unpaired) electrons. The molecule has 2 rings (SSSR count). The maximum Gasteiger partial charge on any atom is 0.269 e. The highest BCUT2D eigenvalue weighted by atomic mass is 127. The first kappa shape index (κ1) is 12.8. The lowest BCUT2D eigenvalue weighted by Crippen LogP contribution is -2.37. The van der Waals surface area contributed by atoms with Crippen LogP contribution in [0.15, 0.2) is 11.1 Å². The fourth-order valence-corrected chi connectivity index (χ4v) is 1.92. The number of nitrogens with zero attached hydrogens (tertiary/aromatic N) is 2. The van der Waals surface area contributed by atoms with Gasteiger partial charge < -0.3 is 5.32 Å². The Balaban J connectivity index is 2.23. The van der Waals surface area contributed by atoms with Crippen molar-refractivity contribution in [3.05, 3.63) is 25.4 Å². The molecule has 1 fully saturated rings. The zero-order chi connectivity index (χ0) is 12.6. The van der Waals surface area contributed by atoms with E-state index >= 15 is 0 Å². The summed E-state index contributed by atoms with van der Waals surface area (Å²) >= 11 is 7.56. The molecule has 1 N–H and O–H groups in total. The number of aromatic nitrogens is 2. The van der Waals surface area contributed by atoms with Gasteiger partial charge in [0.1, 0.15) is 14.8 Å². The number of carbonyl (C=O) groups excluding carboxylic acids is 1. The maximum absolute atomic E-state index is 11.9. The predicted molar refractivity (Wildman–Crippen MR) is 72.1 cm³/mol. The summed E-state index contributed by atoms with van der Waals surface area (Å²) in [6, 6.07) is -0.290. The molecule has 1 amide bonds. The second-order valence-electron chi connectivity index (χ2n) is 4.02. The molecule has 0 saturated heterocycles. The van der Waals surface area contributed by atoms with Gasteiger partial charge in [-0.3, -0.25) is 14.2 Å². The molecule has 1 heterocycles. The Labute approximate surface area is 117 Å². The molecule has 0 spiro atoms. The van der Waals surface area contributed by atoms with Crippen molar-refractivity contribution in [2.24, 2.45) is 0 Å². The summed E-state index contributed by atoms with van der Waals surface area (Å²) in [6.07, 6.45) is 3.34. The van der Waals surface area contributed by atoms with Crippen LogP contribution < -0.4 is 10.9 Å². The Morgan fingerprint density at radius 2 is 2.35 bits per heavy atom. The van der Waals surface area contributed by atoms with Crippen LogP contribution in [-0.4, -0.2) is 21.5 Å². The predicted octanol–water partition coefficient (Wildman–Crippen LogP) is 1.34. The highest BCUT2D eigenvalue weighted by Gasteiger charge is 2.27. The average Bonchev–Trinajstić information content (AvgIpc) is 3.09. The fraction of sp³-hybridized carbons (Fsp3) is 0.500. The Morgan fingerprint density at radius 1 is 1.71 bits per heavy atom. The Hall–Kier alpha value is -0.630. The molecule has 1 atom stereocenters. The lowest BCUT2D eigenvalue weighted by Gasteiger charge is -2.14. The number of rotatable bonds is 3. The van der Waals surface area contributed by atoms with Crippen LogP contribution in [0.1, 0.15) is 25.8 Å². The third-order valence-corrected chi connectivity index (χ3v) is 4.20. The molecule has 7 heteroatoms. The number of nitrogens with one attached hydrogen (secondary N) is 1. The third kappa shape index (κ3) is 2.79. The van der Waals surface area contributed by atoms with Crippen molar-refractivity contribution >= 4 is 40.1 Å². The van der Waals surface area contributed by atoms with E-state index in [2.05, 4.69) is 10.3 Å². The van der Waals surface area contributed by atoms with E-state index in [9.17, 15) is 9.59 Å². The molecule has 0 aromatic carbocycles. The van der Waals surface area contributed by atoms with E-state index in [1.54, 1.807) is 6.92 Å². The number of amides is 1. The van der Waals surface area contributed by atoms with Crippen molar-refractivity contribution in [1.29, 1.82) is 0 Å².